The van der Waals surface area contributed by atoms with Crippen LogP contribution in [0.15, 0.2) is 12.4 Å². The maximum atomic E-state index is 12.3. The lowest BCUT2D eigenvalue weighted by molar-refractivity contribution is -0.130. The van der Waals surface area contributed by atoms with E-state index >= 15 is 0 Å². The van der Waals surface area contributed by atoms with Gasteiger partial charge in [0.1, 0.15) is 18.0 Å². The zero-order valence-electron chi connectivity index (χ0n) is 15.0. The van der Waals surface area contributed by atoms with Crippen molar-refractivity contribution in [3.8, 4) is 0 Å². The van der Waals surface area contributed by atoms with Crippen molar-refractivity contribution in [1.29, 1.82) is 0 Å². The van der Waals surface area contributed by atoms with Crippen LogP contribution < -0.4 is 10.2 Å². The van der Waals surface area contributed by atoms with Crippen LogP contribution in [0.5, 0.6) is 0 Å². The third kappa shape index (κ3) is 4.41. The van der Waals surface area contributed by atoms with Crippen molar-refractivity contribution in [2.75, 3.05) is 36.4 Å². The van der Waals surface area contributed by atoms with Gasteiger partial charge in [0, 0.05) is 44.7 Å². The molecular weight excluding hydrogens is 314 g/mol. The van der Waals surface area contributed by atoms with Crippen molar-refractivity contribution in [3.05, 3.63) is 12.4 Å². The second-order valence-corrected chi connectivity index (χ2v) is 7.76. The Hall–Kier alpha value is -1.85. The van der Waals surface area contributed by atoms with E-state index in [9.17, 15) is 4.79 Å². The summed E-state index contributed by atoms with van der Waals surface area (Å²) in [6.07, 6.45) is 10.6. The molecule has 2 aliphatic heterocycles. The van der Waals surface area contributed by atoms with Gasteiger partial charge in [-0.3, -0.25) is 4.79 Å². The van der Waals surface area contributed by atoms with Gasteiger partial charge in [0.15, 0.2) is 0 Å². The lowest BCUT2D eigenvalue weighted by atomic mass is 9.93. The van der Waals surface area contributed by atoms with Crippen LogP contribution in [0.4, 0.5) is 11.6 Å². The highest BCUT2D eigenvalue weighted by Crippen LogP contribution is 2.28. The molecular formula is C19H29N5O. The molecule has 1 saturated carbocycles. The van der Waals surface area contributed by atoms with E-state index in [0.29, 0.717) is 24.3 Å². The third-order valence-electron chi connectivity index (χ3n) is 5.65. The zero-order chi connectivity index (χ0) is 17.1. The topological polar surface area (TPSA) is 61.4 Å². The molecule has 3 heterocycles. The summed E-state index contributed by atoms with van der Waals surface area (Å²) in [5.74, 6) is 2.91. The first-order chi connectivity index (χ1) is 12.3. The molecule has 136 valence electrons. The van der Waals surface area contributed by atoms with E-state index in [1.807, 2.05) is 4.90 Å². The Bertz CT molecular complexity index is 597. The number of hydrogen-bond donors (Lipinski definition) is 1. The van der Waals surface area contributed by atoms with Gasteiger partial charge in [-0.2, -0.15) is 0 Å². The van der Waals surface area contributed by atoms with Gasteiger partial charge in [0.05, 0.1) is 0 Å². The van der Waals surface area contributed by atoms with Crippen LogP contribution in [0.3, 0.4) is 0 Å². The van der Waals surface area contributed by atoms with Crippen LogP contribution in [0.2, 0.25) is 0 Å². The molecule has 2 saturated heterocycles. The molecule has 4 rings (SSSR count). The number of rotatable bonds is 6. The Labute approximate surface area is 150 Å². The van der Waals surface area contributed by atoms with E-state index < -0.39 is 0 Å². The van der Waals surface area contributed by atoms with E-state index in [2.05, 4.69) is 26.3 Å². The number of aromatic nitrogens is 2. The molecule has 6 heteroatoms. The van der Waals surface area contributed by atoms with Crippen molar-refractivity contribution in [2.45, 2.75) is 57.4 Å². The summed E-state index contributed by atoms with van der Waals surface area (Å²) in [5, 5.41) is 3.45. The summed E-state index contributed by atoms with van der Waals surface area (Å²) in [6, 6.07) is 2.68. The van der Waals surface area contributed by atoms with Crippen LogP contribution in [0.1, 0.15) is 51.4 Å². The number of anilines is 2. The molecule has 0 aromatic carbocycles. The van der Waals surface area contributed by atoms with Crippen LogP contribution in [0, 0.1) is 5.92 Å². The van der Waals surface area contributed by atoms with Crippen LogP contribution in [-0.2, 0) is 4.79 Å². The van der Waals surface area contributed by atoms with Crippen LogP contribution in [0.25, 0.3) is 0 Å². The third-order valence-corrected chi connectivity index (χ3v) is 5.65. The molecule has 1 N–H and O–H groups in total. The Morgan fingerprint density at radius 3 is 2.76 bits per heavy atom. The minimum Gasteiger partial charge on any atom is -0.367 e. The number of hydrogen-bond acceptors (Lipinski definition) is 5. The van der Waals surface area contributed by atoms with E-state index in [1.165, 1.54) is 38.5 Å². The van der Waals surface area contributed by atoms with E-state index in [0.717, 1.165) is 44.2 Å². The number of nitrogens with zero attached hydrogens (tertiary/aromatic N) is 4. The summed E-state index contributed by atoms with van der Waals surface area (Å²) >= 11 is 0. The Balaban J connectivity index is 1.30. The van der Waals surface area contributed by atoms with Gasteiger partial charge in [-0.05, 0) is 50.9 Å². The average Bonchev–Trinajstić information content (AvgIpc) is 3.28. The summed E-state index contributed by atoms with van der Waals surface area (Å²) in [4.78, 5) is 25.5. The molecule has 1 aromatic heterocycles. The molecule has 0 spiro atoms. The fourth-order valence-corrected chi connectivity index (χ4v) is 4.00. The maximum absolute atomic E-state index is 12.3. The standard InChI is InChI=1S/C19H29N5O/c25-19(23-9-1-2-10-23)8-5-15-4-3-11-24(13-15)18-12-17(20-14-21-18)22-16-6-7-16/h12,14-16H,1-11,13H2,(H,20,21,22). The second kappa shape index (κ2) is 7.58. The Kier molecular flexibility index (Phi) is 5.04. The van der Waals surface area contributed by atoms with E-state index in [-0.39, 0.29) is 0 Å². The first kappa shape index (κ1) is 16.6. The lowest BCUT2D eigenvalue weighted by Gasteiger charge is -2.33. The molecule has 6 nitrogen and oxygen atoms in total. The molecule has 3 aliphatic rings. The number of carbonyl (C=O) groups is 1. The predicted molar refractivity (Wildman–Crippen MR) is 98.7 cm³/mol. The Morgan fingerprint density at radius 1 is 1.12 bits per heavy atom. The molecule has 1 aromatic rings. The van der Waals surface area contributed by atoms with Gasteiger partial charge in [-0.1, -0.05) is 0 Å². The van der Waals surface area contributed by atoms with Crippen molar-refractivity contribution in [3.63, 3.8) is 0 Å². The normalized spacial score (nSPS) is 23.8. The van der Waals surface area contributed by atoms with Gasteiger partial charge in [-0.15, -0.1) is 0 Å². The largest absolute Gasteiger partial charge is 0.367 e. The van der Waals surface area contributed by atoms with Crippen molar-refractivity contribution in [2.24, 2.45) is 5.92 Å². The fourth-order valence-electron chi connectivity index (χ4n) is 4.00. The van der Waals surface area contributed by atoms with Crippen LogP contribution in [-0.4, -0.2) is 53.0 Å². The SMILES string of the molecule is O=C(CCC1CCCN(c2cc(NC3CC3)ncn2)C1)N1CCCC1. The first-order valence-corrected chi connectivity index (χ1v) is 9.89. The lowest BCUT2D eigenvalue weighted by Crippen LogP contribution is -2.37. The summed E-state index contributed by atoms with van der Waals surface area (Å²) in [6.45, 7) is 3.99. The second-order valence-electron chi connectivity index (χ2n) is 7.76. The highest BCUT2D eigenvalue weighted by atomic mass is 16.2. The van der Waals surface area contributed by atoms with Gasteiger partial charge in [0.25, 0.3) is 0 Å². The quantitative estimate of drug-likeness (QED) is 0.860. The number of carbonyl (C=O) groups excluding carboxylic acids is 1. The van der Waals surface area contributed by atoms with Gasteiger partial charge < -0.3 is 15.1 Å². The minimum absolute atomic E-state index is 0.354. The number of nitrogens with one attached hydrogen (secondary N) is 1. The molecule has 1 aliphatic carbocycles. The van der Waals surface area contributed by atoms with Crippen LogP contribution >= 0.6 is 0 Å². The molecule has 0 bridgehead atoms. The number of amides is 1. The molecule has 0 radical (unpaired) electrons. The molecule has 1 atom stereocenters. The Morgan fingerprint density at radius 2 is 1.96 bits per heavy atom. The number of likely N-dealkylation sites (tertiary alicyclic amines) is 1. The smallest absolute Gasteiger partial charge is 0.222 e. The number of piperidine rings is 1. The average molecular weight is 343 g/mol. The minimum atomic E-state index is 0.354. The molecule has 1 unspecified atom stereocenters. The predicted octanol–water partition coefficient (Wildman–Crippen LogP) is 2.67. The zero-order valence-corrected chi connectivity index (χ0v) is 15.0. The van der Waals surface area contributed by atoms with Gasteiger partial charge in [-0.25, -0.2) is 9.97 Å². The highest BCUT2D eigenvalue weighted by molar-refractivity contribution is 5.76. The molecule has 3 fully saturated rings. The maximum Gasteiger partial charge on any atom is 0.222 e. The van der Waals surface area contributed by atoms with Gasteiger partial charge >= 0.3 is 0 Å². The highest BCUT2D eigenvalue weighted by Gasteiger charge is 2.25. The van der Waals surface area contributed by atoms with Crippen molar-refractivity contribution < 1.29 is 4.79 Å². The van der Waals surface area contributed by atoms with Crippen molar-refractivity contribution >= 4 is 17.5 Å². The molecule has 1 amide bonds. The molecule has 25 heavy (non-hydrogen) atoms. The first-order valence-electron chi connectivity index (χ1n) is 9.89. The van der Waals surface area contributed by atoms with E-state index in [1.54, 1.807) is 6.33 Å². The summed E-state index contributed by atoms with van der Waals surface area (Å²) < 4.78 is 0. The van der Waals surface area contributed by atoms with E-state index in [4.69, 9.17) is 0 Å². The monoisotopic (exact) mass is 343 g/mol. The summed E-state index contributed by atoms with van der Waals surface area (Å²) in [7, 11) is 0. The van der Waals surface area contributed by atoms with Gasteiger partial charge in [0.2, 0.25) is 5.91 Å². The summed E-state index contributed by atoms with van der Waals surface area (Å²) in [5.41, 5.74) is 0. The fraction of sp³-hybridized carbons (Fsp3) is 0.737. The van der Waals surface area contributed by atoms with Crippen molar-refractivity contribution in [1.82, 2.24) is 14.9 Å².